The molecule has 1 aromatic rings. The predicted octanol–water partition coefficient (Wildman–Crippen LogP) is 3.01. The predicted molar refractivity (Wildman–Crippen MR) is 90.5 cm³/mol. The van der Waals surface area contributed by atoms with Gasteiger partial charge in [-0.25, -0.2) is 9.48 Å². The van der Waals surface area contributed by atoms with Crippen molar-refractivity contribution in [3.8, 4) is 5.88 Å². The molecule has 0 aromatic carbocycles. The van der Waals surface area contributed by atoms with E-state index in [1.807, 2.05) is 34.6 Å². The van der Waals surface area contributed by atoms with Crippen LogP contribution in [0.5, 0.6) is 5.88 Å². The Labute approximate surface area is 145 Å². The standard InChI is InChI=1S/C15H26BrN3O4/c1-9(17-14(20)23-15(3,4)5)10(2)22-13-12(16)11(8-21-7)18-19(13)6/h9-10H,8H2,1-7H3,(H,17,20)/t9-,10?/m1/s1. The maximum Gasteiger partial charge on any atom is 0.407 e. The van der Waals surface area contributed by atoms with Crippen molar-refractivity contribution in [1.29, 1.82) is 0 Å². The van der Waals surface area contributed by atoms with Crippen molar-refractivity contribution in [3.63, 3.8) is 0 Å². The van der Waals surface area contributed by atoms with Crippen molar-refractivity contribution in [2.24, 2.45) is 7.05 Å². The summed E-state index contributed by atoms with van der Waals surface area (Å²) in [7, 11) is 3.40. The molecule has 1 unspecified atom stereocenters. The number of carbonyl (C=O) groups is 1. The molecule has 1 aromatic heterocycles. The molecule has 7 nitrogen and oxygen atoms in total. The van der Waals surface area contributed by atoms with Gasteiger partial charge in [0.1, 0.15) is 21.9 Å². The first kappa shape index (κ1) is 19.8. The zero-order valence-corrected chi connectivity index (χ0v) is 16.4. The van der Waals surface area contributed by atoms with Gasteiger partial charge in [0.15, 0.2) is 0 Å². The van der Waals surface area contributed by atoms with Crippen LogP contribution >= 0.6 is 15.9 Å². The maximum atomic E-state index is 11.8. The molecule has 0 fully saturated rings. The molecule has 0 saturated carbocycles. The van der Waals surface area contributed by atoms with Crippen LogP contribution in [0, 0.1) is 0 Å². The summed E-state index contributed by atoms with van der Waals surface area (Å²) in [4.78, 5) is 11.8. The van der Waals surface area contributed by atoms with E-state index >= 15 is 0 Å². The molecule has 1 rings (SSSR count). The Kier molecular flexibility index (Phi) is 6.88. The van der Waals surface area contributed by atoms with Crippen molar-refractivity contribution >= 4 is 22.0 Å². The highest BCUT2D eigenvalue weighted by atomic mass is 79.9. The van der Waals surface area contributed by atoms with Crippen LogP contribution in [-0.4, -0.2) is 40.7 Å². The number of aryl methyl sites for hydroxylation is 1. The summed E-state index contributed by atoms with van der Waals surface area (Å²) in [5, 5.41) is 7.10. The smallest absolute Gasteiger partial charge is 0.407 e. The minimum Gasteiger partial charge on any atom is -0.472 e. The van der Waals surface area contributed by atoms with Crippen LogP contribution < -0.4 is 10.1 Å². The summed E-state index contributed by atoms with van der Waals surface area (Å²) in [5.74, 6) is 0.586. The summed E-state index contributed by atoms with van der Waals surface area (Å²) >= 11 is 3.47. The van der Waals surface area contributed by atoms with Crippen LogP contribution in [0.25, 0.3) is 0 Å². The van der Waals surface area contributed by atoms with Gasteiger partial charge in [-0.05, 0) is 50.5 Å². The molecule has 0 aliphatic rings. The SMILES string of the molecule is COCc1nn(C)c(OC(C)[C@@H](C)NC(=O)OC(C)(C)C)c1Br. The molecule has 132 valence electrons. The van der Waals surface area contributed by atoms with Crippen LogP contribution in [0.4, 0.5) is 4.79 Å². The Hall–Kier alpha value is -1.28. The van der Waals surface area contributed by atoms with Crippen LogP contribution in [-0.2, 0) is 23.1 Å². The molecule has 1 heterocycles. The van der Waals surface area contributed by atoms with E-state index < -0.39 is 11.7 Å². The lowest BCUT2D eigenvalue weighted by Gasteiger charge is -2.25. The van der Waals surface area contributed by atoms with E-state index in [-0.39, 0.29) is 12.1 Å². The highest BCUT2D eigenvalue weighted by Gasteiger charge is 2.24. The Bertz CT molecular complexity index is 540. The van der Waals surface area contributed by atoms with E-state index in [2.05, 4.69) is 26.3 Å². The average molecular weight is 392 g/mol. The summed E-state index contributed by atoms with van der Waals surface area (Å²) in [6.45, 7) is 9.58. The average Bonchev–Trinajstić information content (AvgIpc) is 2.64. The van der Waals surface area contributed by atoms with E-state index in [0.29, 0.717) is 12.5 Å². The summed E-state index contributed by atoms with van der Waals surface area (Å²) in [6.07, 6.45) is -0.741. The molecule has 2 atom stereocenters. The number of alkyl carbamates (subject to hydrolysis) is 1. The van der Waals surface area contributed by atoms with Crippen molar-refractivity contribution < 1.29 is 19.0 Å². The van der Waals surface area contributed by atoms with E-state index in [4.69, 9.17) is 14.2 Å². The zero-order chi connectivity index (χ0) is 17.8. The van der Waals surface area contributed by atoms with Gasteiger partial charge >= 0.3 is 6.09 Å². The molecule has 1 N–H and O–H groups in total. The first-order valence-electron chi connectivity index (χ1n) is 7.41. The second-order valence-electron chi connectivity index (χ2n) is 6.38. The molecular formula is C15H26BrN3O4. The fourth-order valence-electron chi connectivity index (χ4n) is 1.78. The van der Waals surface area contributed by atoms with Crippen molar-refractivity contribution in [2.45, 2.75) is 59.0 Å². The van der Waals surface area contributed by atoms with Gasteiger partial charge in [0.05, 0.1) is 12.6 Å². The van der Waals surface area contributed by atoms with E-state index in [0.717, 1.165) is 10.2 Å². The molecule has 8 heteroatoms. The van der Waals surface area contributed by atoms with E-state index in [1.54, 1.807) is 18.8 Å². The lowest BCUT2D eigenvalue weighted by Crippen LogP contribution is -2.44. The second kappa shape index (κ2) is 8.01. The van der Waals surface area contributed by atoms with Crippen LogP contribution in [0.3, 0.4) is 0 Å². The highest BCUT2D eigenvalue weighted by molar-refractivity contribution is 9.10. The van der Waals surface area contributed by atoms with Crippen LogP contribution in [0.15, 0.2) is 4.47 Å². The number of hydrogen-bond acceptors (Lipinski definition) is 5. The Morgan fingerprint density at radius 2 is 2.00 bits per heavy atom. The topological polar surface area (TPSA) is 74.6 Å². The maximum absolute atomic E-state index is 11.8. The number of rotatable bonds is 6. The Balaban J connectivity index is 2.68. The largest absolute Gasteiger partial charge is 0.472 e. The third-order valence-corrected chi connectivity index (χ3v) is 3.83. The number of ether oxygens (including phenoxy) is 3. The molecule has 0 bridgehead atoms. The minimum atomic E-state index is -0.534. The lowest BCUT2D eigenvalue weighted by atomic mass is 10.2. The van der Waals surface area contributed by atoms with Gasteiger partial charge in [0.2, 0.25) is 5.88 Å². The third kappa shape index (κ3) is 6.02. The molecule has 0 aliphatic heterocycles. The minimum absolute atomic E-state index is 0.238. The first-order chi connectivity index (χ1) is 10.5. The lowest BCUT2D eigenvalue weighted by molar-refractivity contribution is 0.0460. The van der Waals surface area contributed by atoms with Crippen molar-refractivity contribution in [2.75, 3.05) is 7.11 Å². The molecule has 1 amide bonds. The number of carbonyl (C=O) groups excluding carboxylic acids is 1. The fraction of sp³-hybridized carbons (Fsp3) is 0.733. The van der Waals surface area contributed by atoms with Crippen LogP contribution in [0.1, 0.15) is 40.3 Å². The molecule has 0 saturated heterocycles. The number of amides is 1. The van der Waals surface area contributed by atoms with Crippen molar-refractivity contribution in [1.82, 2.24) is 15.1 Å². The first-order valence-corrected chi connectivity index (χ1v) is 8.21. The normalized spacial score (nSPS) is 14.3. The highest BCUT2D eigenvalue weighted by Crippen LogP contribution is 2.29. The van der Waals surface area contributed by atoms with Gasteiger partial charge in [0, 0.05) is 14.2 Å². The summed E-state index contributed by atoms with van der Waals surface area (Å²) in [5.41, 5.74) is 0.221. The van der Waals surface area contributed by atoms with Gasteiger partial charge in [-0.15, -0.1) is 0 Å². The van der Waals surface area contributed by atoms with Crippen LogP contribution in [0.2, 0.25) is 0 Å². The van der Waals surface area contributed by atoms with E-state index in [9.17, 15) is 4.79 Å². The summed E-state index contributed by atoms with van der Waals surface area (Å²) < 4.78 is 18.6. The molecule has 0 aliphatic carbocycles. The summed E-state index contributed by atoms with van der Waals surface area (Å²) in [6, 6.07) is -0.238. The number of nitrogens with one attached hydrogen (secondary N) is 1. The third-order valence-electron chi connectivity index (χ3n) is 3.03. The van der Waals surface area contributed by atoms with Crippen molar-refractivity contribution in [3.05, 3.63) is 10.2 Å². The fourth-order valence-corrected chi connectivity index (χ4v) is 2.33. The molecule has 0 spiro atoms. The number of methoxy groups -OCH3 is 1. The number of halogens is 1. The van der Waals surface area contributed by atoms with Gasteiger partial charge in [0.25, 0.3) is 0 Å². The Morgan fingerprint density at radius 3 is 2.52 bits per heavy atom. The Morgan fingerprint density at radius 1 is 1.39 bits per heavy atom. The molecular weight excluding hydrogens is 366 g/mol. The van der Waals surface area contributed by atoms with E-state index in [1.165, 1.54) is 0 Å². The number of nitrogens with zero attached hydrogens (tertiary/aromatic N) is 2. The monoisotopic (exact) mass is 391 g/mol. The van der Waals surface area contributed by atoms with Gasteiger partial charge in [-0.3, -0.25) is 0 Å². The van der Waals surface area contributed by atoms with Gasteiger partial charge < -0.3 is 19.5 Å². The number of aromatic nitrogens is 2. The van der Waals surface area contributed by atoms with Gasteiger partial charge in [-0.2, -0.15) is 5.10 Å². The quantitative estimate of drug-likeness (QED) is 0.806. The van der Waals surface area contributed by atoms with Gasteiger partial charge in [-0.1, -0.05) is 0 Å². The molecule has 23 heavy (non-hydrogen) atoms. The zero-order valence-electron chi connectivity index (χ0n) is 14.8. The molecule has 0 radical (unpaired) electrons. The number of hydrogen-bond donors (Lipinski definition) is 1. The second-order valence-corrected chi connectivity index (χ2v) is 7.17.